The average Bonchev–Trinajstić information content (AvgIpc) is 2.17. The fraction of sp³-hybridized carbons (Fsp3) is 0.400. The lowest BCUT2D eigenvalue weighted by atomic mass is 10.1. The van der Waals surface area contributed by atoms with Crippen LogP contribution in [0.15, 0.2) is 18.2 Å². The number of rotatable bonds is 5. The summed E-state index contributed by atoms with van der Waals surface area (Å²) < 4.78 is 28.9. The molecule has 0 aromatic heterocycles. The molecular formula is C10H12ClF2NO. The zero-order valence-corrected chi connectivity index (χ0v) is 8.81. The lowest BCUT2D eigenvalue weighted by Gasteiger charge is -2.12. The minimum absolute atomic E-state index is 0.310. The maximum atomic E-state index is 12.0. The molecule has 2 N–H and O–H groups in total. The molecule has 5 heteroatoms. The monoisotopic (exact) mass is 235 g/mol. The quantitative estimate of drug-likeness (QED) is 0.851. The van der Waals surface area contributed by atoms with Crippen LogP contribution in [0.1, 0.15) is 5.56 Å². The van der Waals surface area contributed by atoms with Crippen molar-refractivity contribution in [2.24, 2.45) is 5.73 Å². The minimum Gasteiger partial charge on any atom is -0.486 e. The second kappa shape index (κ2) is 5.88. The van der Waals surface area contributed by atoms with E-state index in [2.05, 4.69) is 0 Å². The standard InChI is InChI=1S/C10H12ClF2NO/c11-8-3-1-2-7(4-5-14)10(8)15-6-9(12)13/h1-3,9H,4-6,14H2. The van der Waals surface area contributed by atoms with Gasteiger partial charge in [-0.15, -0.1) is 0 Å². The van der Waals surface area contributed by atoms with E-state index in [1.807, 2.05) is 0 Å². The zero-order chi connectivity index (χ0) is 11.3. The molecule has 15 heavy (non-hydrogen) atoms. The van der Waals surface area contributed by atoms with E-state index in [0.29, 0.717) is 23.7 Å². The van der Waals surface area contributed by atoms with Gasteiger partial charge in [0.25, 0.3) is 6.43 Å². The molecule has 1 aromatic carbocycles. The molecule has 0 saturated carbocycles. The molecule has 0 spiro atoms. The smallest absolute Gasteiger partial charge is 0.272 e. The van der Waals surface area contributed by atoms with Gasteiger partial charge in [0.15, 0.2) is 0 Å². The molecule has 0 atom stereocenters. The summed E-state index contributed by atoms with van der Waals surface area (Å²) in [6.07, 6.45) is -1.95. The normalized spacial score (nSPS) is 10.7. The number of halogens is 3. The maximum Gasteiger partial charge on any atom is 0.272 e. The van der Waals surface area contributed by atoms with Crippen molar-refractivity contribution >= 4 is 11.6 Å². The van der Waals surface area contributed by atoms with Gasteiger partial charge in [0.2, 0.25) is 0 Å². The molecule has 2 nitrogen and oxygen atoms in total. The van der Waals surface area contributed by atoms with Crippen molar-refractivity contribution in [3.05, 3.63) is 28.8 Å². The zero-order valence-electron chi connectivity index (χ0n) is 8.05. The van der Waals surface area contributed by atoms with Crippen molar-refractivity contribution in [2.45, 2.75) is 12.8 Å². The number of ether oxygens (including phenoxy) is 1. The molecule has 0 unspecified atom stereocenters. The molecule has 0 aliphatic rings. The maximum absolute atomic E-state index is 12.0. The van der Waals surface area contributed by atoms with Crippen molar-refractivity contribution in [2.75, 3.05) is 13.2 Å². The number of para-hydroxylation sites is 1. The van der Waals surface area contributed by atoms with Gasteiger partial charge < -0.3 is 10.5 Å². The predicted molar refractivity (Wildman–Crippen MR) is 55.7 cm³/mol. The van der Waals surface area contributed by atoms with Crippen LogP contribution in [0.3, 0.4) is 0 Å². The van der Waals surface area contributed by atoms with Gasteiger partial charge in [-0.05, 0) is 24.6 Å². The van der Waals surface area contributed by atoms with Crippen LogP contribution in [0.5, 0.6) is 5.75 Å². The van der Waals surface area contributed by atoms with E-state index < -0.39 is 13.0 Å². The van der Waals surface area contributed by atoms with E-state index in [0.717, 1.165) is 5.56 Å². The highest BCUT2D eigenvalue weighted by atomic mass is 35.5. The molecule has 0 heterocycles. The Morgan fingerprint density at radius 1 is 1.40 bits per heavy atom. The second-order valence-electron chi connectivity index (χ2n) is 2.97. The number of alkyl halides is 2. The van der Waals surface area contributed by atoms with Gasteiger partial charge in [0, 0.05) is 0 Å². The lowest BCUT2D eigenvalue weighted by Crippen LogP contribution is -2.10. The molecular weight excluding hydrogens is 224 g/mol. The van der Waals surface area contributed by atoms with E-state index in [1.54, 1.807) is 18.2 Å². The van der Waals surface area contributed by atoms with Crippen LogP contribution in [0.25, 0.3) is 0 Å². The van der Waals surface area contributed by atoms with Crippen LogP contribution in [0.4, 0.5) is 8.78 Å². The van der Waals surface area contributed by atoms with Crippen molar-refractivity contribution in [1.82, 2.24) is 0 Å². The van der Waals surface area contributed by atoms with Crippen molar-refractivity contribution < 1.29 is 13.5 Å². The van der Waals surface area contributed by atoms with E-state index >= 15 is 0 Å². The first-order valence-electron chi connectivity index (χ1n) is 4.53. The number of nitrogens with two attached hydrogens (primary N) is 1. The van der Waals surface area contributed by atoms with Crippen molar-refractivity contribution in [3.8, 4) is 5.75 Å². The summed E-state index contributed by atoms with van der Waals surface area (Å²) in [6.45, 7) is -0.229. The molecule has 0 saturated heterocycles. The fourth-order valence-corrected chi connectivity index (χ4v) is 1.46. The highest BCUT2D eigenvalue weighted by Crippen LogP contribution is 2.29. The first-order valence-corrected chi connectivity index (χ1v) is 4.91. The average molecular weight is 236 g/mol. The summed E-state index contributed by atoms with van der Waals surface area (Å²) in [5.74, 6) is 0.310. The Labute approximate surface area is 92.0 Å². The van der Waals surface area contributed by atoms with Gasteiger partial charge in [-0.25, -0.2) is 8.78 Å². The third-order valence-electron chi connectivity index (χ3n) is 1.82. The van der Waals surface area contributed by atoms with E-state index in [1.165, 1.54) is 0 Å². The van der Waals surface area contributed by atoms with Gasteiger partial charge in [-0.1, -0.05) is 23.7 Å². The highest BCUT2D eigenvalue weighted by molar-refractivity contribution is 6.32. The van der Waals surface area contributed by atoms with Crippen LogP contribution in [0.2, 0.25) is 5.02 Å². The molecule has 1 aromatic rings. The molecule has 0 amide bonds. The highest BCUT2D eigenvalue weighted by Gasteiger charge is 2.10. The summed E-state index contributed by atoms with van der Waals surface area (Å²) >= 11 is 5.84. The molecule has 0 radical (unpaired) electrons. The molecule has 1 rings (SSSR count). The van der Waals surface area contributed by atoms with Gasteiger partial charge >= 0.3 is 0 Å². The van der Waals surface area contributed by atoms with Crippen LogP contribution in [-0.2, 0) is 6.42 Å². The topological polar surface area (TPSA) is 35.2 Å². The summed E-state index contributed by atoms with van der Waals surface area (Å²) in [7, 11) is 0. The molecule has 0 fully saturated rings. The predicted octanol–water partition coefficient (Wildman–Crippen LogP) is 2.49. The van der Waals surface area contributed by atoms with Crippen molar-refractivity contribution in [1.29, 1.82) is 0 Å². The minimum atomic E-state index is -2.51. The third kappa shape index (κ3) is 3.64. The summed E-state index contributed by atoms with van der Waals surface area (Å²) in [5, 5.41) is 0.335. The Kier molecular flexibility index (Phi) is 4.78. The van der Waals surface area contributed by atoms with Crippen LogP contribution in [0, 0.1) is 0 Å². The molecule has 84 valence electrons. The van der Waals surface area contributed by atoms with E-state index in [4.69, 9.17) is 22.1 Å². The fourth-order valence-electron chi connectivity index (χ4n) is 1.21. The Balaban J connectivity index is 2.81. The molecule has 0 aliphatic carbocycles. The molecule has 0 bridgehead atoms. The Morgan fingerprint density at radius 2 is 2.13 bits per heavy atom. The van der Waals surface area contributed by atoms with Gasteiger partial charge in [-0.2, -0.15) is 0 Å². The molecule has 0 aliphatic heterocycles. The first kappa shape index (κ1) is 12.2. The van der Waals surface area contributed by atoms with E-state index in [9.17, 15) is 8.78 Å². The Hall–Kier alpha value is -0.870. The van der Waals surface area contributed by atoms with Crippen LogP contribution < -0.4 is 10.5 Å². The number of hydrogen-bond acceptors (Lipinski definition) is 2. The summed E-state index contributed by atoms with van der Waals surface area (Å²) in [5.41, 5.74) is 6.14. The SMILES string of the molecule is NCCc1cccc(Cl)c1OCC(F)F. The lowest BCUT2D eigenvalue weighted by molar-refractivity contribution is 0.0815. The number of benzene rings is 1. The Bertz CT molecular complexity index is 320. The van der Waals surface area contributed by atoms with Gasteiger partial charge in [0.05, 0.1) is 5.02 Å². The first-order chi connectivity index (χ1) is 7.15. The van der Waals surface area contributed by atoms with Crippen molar-refractivity contribution in [3.63, 3.8) is 0 Å². The van der Waals surface area contributed by atoms with Gasteiger partial charge in [-0.3, -0.25) is 0 Å². The second-order valence-corrected chi connectivity index (χ2v) is 3.38. The Morgan fingerprint density at radius 3 is 2.73 bits per heavy atom. The largest absolute Gasteiger partial charge is 0.486 e. The summed E-state index contributed by atoms with van der Waals surface area (Å²) in [4.78, 5) is 0. The summed E-state index contributed by atoms with van der Waals surface area (Å²) in [6, 6.07) is 5.10. The van der Waals surface area contributed by atoms with Crippen LogP contribution in [-0.4, -0.2) is 19.6 Å². The van der Waals surface area contributed by atoms with Gasteiger partial charge in [0.1, 0.15) is 12.4 Å². The third-order valence-corrected chi connectivity index (χ3v) is 2.11. The van der Waals surface area contributed by atoms with Crippen LogP contribution >= 0.6 is 11.6 Å². The van der Waals surface area contributed by atoms with E-state index in [-0.39, 0.29) is 0 Å². The number of hydrogen-bond donors (Lipinski definition) is 1.